The second-order valence-corrected chi connectivity index (χ2v) is 8.79. The molecule has 0 heterocycles. The van der Waals surface area contributed by atoms with Crippen molar-refractivity contribution in [1.29, 1.82) is 0 Å². The Morgan fingerprint density at radius 1 is 1.17 bits per heavy atom. The van der Waals surface area contributed by atoms with Crippen LogP contribution in [0.4, 0.5) is 0 Å². The van der Waals surface area contributed by atoms with Crippen molar-refractivity contribution in [2.24, 2.45) is 5.92 Å². The van der Waals surface area contributed by atoms with Crippen LogP contribution in [0.15, 0.2) is 29.2 Å². The van der Waals surface area contributed by atoms with E-state index in [1.54, 1.807) is 12.1 Å². The van der Waals surface area contributed by atoms with Gasteiger partial charge in [-0.25, -0.2) is 0 Å². The Labute approximate surface area is 159 Å². The largest absolute Gasteiger partial charge is 0.394 e. The second kappa shape index (κ2) is 10.3. The van der Waals surface area contributed by atoms with Crippen LogP contribution in [0.1, 0.15) is 20.3 Å². The molecule has 0 aliphatic rings. The summed E-state index contributed by atoms with van der Waals surface area (Å²) in [6.45, 7) is 4.15. The van der Waals surface area contributed by atoms with Gasteiger partial charge in [-0.05, 0) is 0 Å². The molecule has 0 unspecified atom stereocenters. The molecule has 11 heteroatoms. The first-order valence-electron chi connectivity index (χ1n) is 6.88. The first-order valence-corrected chi connectivity index (χ1v) is 11.6. The zero-order valence-electron chi connectivity index (χ0n) is 13.1. The third-order valence-electron chi connectivity index (χ3n) is 3.20. The number of nitrogens with one attached hydrogen (secondary N) is 1. The van der Waals surface area contributed by atoms with Gasteiger partial charge in [-0.1, -0.05) is 0 Å². The number of benzene rings is 1. The number of sulfonamides is 1. The summed E-state index contributed by atoms with van der Waals surface area (Å²) in [4.78, 5) is 0.273. The maximum atomic E-state index is 12.2. The van der Waals surface area contributed by atoms with Gasteiger partial charge in [0.25, 0.3) is 0 Å². The van der Waals surface area contributed by atoms with Gasteiger partial charge in [0, 0.05) is 0 Å². The fourth-order valence-corrected chi connectivity index (χ4v) is 4.63. The van der Waals surface area contributed by atoms with Crippen molar-refractivity contribution in [3.63, 3.8) is 0 Å². The molecule has 2 atom stereocenters. The van der Waals surface area contributed by atoms with Crippen LogP contribution in [0.5, 0.6) is 0 Å². The molecule has 0 spiro atoms. The maximum Gasteiger partial charge on any atom is 0.394 e. The Morgan fingerprint density at radius 2 is 1.61 bits per heavy atom. The van der Waals surface area contributed by atoms with E-state index in [1.165, 1.54) is 12.1 Å². The summed E-state index contributed by atoms with van der Waals surface area (Å²) in [5.74, 6) is 0.351. The van der Waals surface area contributed by atoms with Gasteiger partial charge in [0.05, 0.1) is 0 Å². The maximum absolute atomic E-state index is 12.2. The quantitative estimate of drug-likeness (QED) is 0.500. The average molecular weight is 396 g/mol. The van der Waals surface area contributed by atoms with E-state index in [0.29, 0.717) is 10.9 Å². The molecular weight excluding hydrogens is 377 g/mol. The van der Waals surface area contributed by atoms with E-state index >= 15 is 0 Å². The predicted molar refractivity (Wildman–Crippen MR) is 89.8 cm³/mol. The minimum atomic E-state index is -4.67. The van der Waals surface area contributed by atoms with Crippen LogP contribution in [0.3, 0.4) is 0 Å². The molecule has 0 bridgehead atoms. The van der Waals surface area contributed by atoms with Gasteiger partial charge in [-0.2, -0.15) is 8.42 Å². The second-order valence-electron chi connectivity index (χ2n) is 4.92. The van der Waals surface area contributed by atoms with Crippen LogP contribution in [-0.2, 0) is 20.4 Å². The molecule has 0 aliphatic heterocycles. The molecule has 3 N–H and O–H groups in total. The van der Waals surface area contributed by atoms with Gasteiger partial charge in [0.1, 0.15) is 0 Å². The Morgan fingerprint density at radius 3 is 1.96 bits per heavy atom. The van der Waals surface area contributed by atoms with Gasteiger partial charge in [0.15, 0.2) is 0 Å². The van der Waals surface area contributed by atoms with Crippen molar-refractivity contribution in [2.75, 3.05) is 0 Å². The normalized spacial score (nSPS) is 14.6. The molecule has 7 nitrogen and oxygen atoms in total. The van der Waals surface area contributed by atoms with Crippen LogP contribution < -0.4 is 4.72 Å². The van der Waals surface area contributed by atoms with E-state index in [1.807, 2.05) is 0 Å². The zero-order valence-corrected chi connectivity index (χ0v) is 17.5. The topological polar surface area (TPSA) is 121 Å². The molecule has 0 aliphatic carbocycles. The third-order valence-corrected chi connectivity index (χ3v) is 5.84. The van der Waals surface area contributed by atoms with Crippen LogP contribution >= 0.6 is 11.6 Å². The number of hydrogen-bond donors (Lipinski definition) is 3. The van der Waals surface area contributed by atoms with Gasteiger partial charge in [-0.15, -0.1) is 0 Å². The standard InChI is InChI=1S/C12H17ClNO2S.Na.H2O4S/c1-4-9(2)10(3)14-17(15,16)12-7-5-11(13)6-8-12;;1-5(2,3)4/h5-10,14H,3-4H2,1-2H3;;(H2,1,2,3,4)/t9-,10+;;/m0../s1. The summed E-state index contributed by atoms with van der Waals surface area (Å²) >= 11 is 6.74. The first-order chi connectivity index (χ1) is 10.4. The fourth-order valence-electron chi connectivity index (χ4n) is 1.77. The smallest absolute Gasteiger partial charge is 0.264 e. The first kappa shape index (κ1) is 23.3. The molecule has 1 aromatic carbocycles. The van der Waals surface area contributed by atoms with Crippen molar-refractivity contribution in [2.45, 2.75) is 34.9 Å². The Bertz CT molecular complexity index is 670. The molecule has 23 heavy (non-hydrogen) atoms. The molecule has 0 saturated heterocycles. The molecular formula is C12H19ClNNaO6S2. The van der Waals surface area contributed by atoms with Gasteiger partial charge >= 0.3 is 143 Å². The molecule has 0 aromatic heterocycles. The van der Waals surface area contributed by atoms with Crippen molar-refractivity contribution in [3.05, 3.63) is 29.3 Å². The average Bonchev–Trinajstić information content (AvgIpc) is 2.42. The summed E-state index contributed by atoms with van der Waals surface area (Å²) in [5, 5.41) is 0.537. The number of rotatable bonds is 6. The van der Waals surface area contributed by atoms with Crippen molar-refractivity contribution >= 4 is 60.0 Å². The summed E-state index contributed by atoms with van der Waals surface area (Å²) in [7, 11) is -8.10. The molecule has 128 valence electrons. The molecule has 0 radical (unpaired) electrons. The number of hydrogen-bond acceptors (Lipinski definition) is 4. The Balaban J connectivity index is 0.000000841. The summed E-state index contributed by atoms with van der Waals surface area (Å²) in [5.41, 5.74) is 0. The van der Waals surface area contributed by atoms with Crippen molar-refractivity contribution in [1.82, 2.24) is 4.72 Å². The third kappa shape index (κ3) is 10.7. The van der Waals surface area contributed by atoms with Gasteiger partial charge in [-0.3, -0.25) is 9.11 Å². The summed E-state index contributed by atoms with van der Waals surface area (Å²) in [6.07, 6.45) is 0.968. The summed E-state index contributed by atoms with van der Waals surface area (Å²) < 4.78 is 59.7. The molecule has 1 rings (SSSR count). The van der Waals surface area contributed by atoms with E-state index in [4.69, 9.17) is 29.1 Å². The summed E-state index contributed by atoms with van der Waals surface area (Å²) in [6, 6.07) is 6.28. The van der Waals surface area contributed by atoms with Crippen LogP contribution in [0.25, 0.3) is 0 Å². The van der Waals surface area contributed by atoms with E-state index in [2.05, 4.69) is 18.6 Å². The molecule has 1 aromatic rings. The number of halogens is 1. The molecule has 0 fully saturated rings. The predicted octanol–water partition coefficient (Wildman–Crippen LogP) is 1.97. The minimum Gasteiger partial charge on any atom is -0.264 e. The minimum absolute atomic E-state index is 0.0299. The van der Waals surface area contributed by atoms with Crippen LogP contribution in [0, 0.1) is 5.92 Å². The van der Waals surface area contributed by atoms with E-state index in [0.717, 1.165) is 38.0 Å². The Kier molecular flexibility index (Phi) is 10.4. The van der Waals surface area contributed by atoms with E-state index in [-0.39, 0.29) is 10.9 Å². The monoisotopic (exact) mass is 395 g/mol. The van der Waals surface area contributed by atoms with Crippen LogP contribution in [0.2, 0.25) is 8.69 Å². The van der Waals surface area contributed by atoms with Crippen molar-refractivity contribution in [3.8, 4) is 0 Å². The van der Waals surface area contributed by atoms with Crippen molar-refractivity contribution < 1.29 is 25.9 Å². The fraction of sp³-hybridized carbons (Fsp3) is 0.500. The van der Waals surface area contributed by atoms with Crippen LogP contribution in [-0.4, -0.2) is 59.9 Å². The SMILES string of the molecule is CC[C@H](C)[C@@H]([CH2][Na])NS(=O)(=O)c1ccc(Cl)cc1.O=S(=O)(O)O. The van der Waals surface area contributed by atoms with Gasteiger partial charge < -0.3 is 0 Å². The molecule has 0 amide bonds. The zero-order chi connectivity index (χ0) is 18.3. The van der Waals surface area contributed by atoms with E-state index in [9.17, 15) is 8.42 Å². The molecule has 0 saturated carbocycles. The van der Waals surface area contributed by atoms with E-state index < -0.39 is 20.4 Å². The van der Waals surface area contributed by atoms with Gasteiger partial charge in [0.2, 0.25) is 0 Å². The Hall–Kier alpha value is 0.290.